The second-order valence-corrected chi connectivity index (χ2v) is 13.8. The van der Waals surface area contributed by atoms with Crippen molar-refractivity contribution in [1.29, 1.82) is 0 Å². The van der Waals surface area contributed by atoms with Gasteiger partial charge in [-0.25, -0.2) is 0 Å². The summed E-state index contributed by atoms with van der Waals surface area (Å²) in [5.74, 6) is 3.14. The van der Waals surface area contributed by atoms with E-state index in [2.05, 4.69) is 47.6 Å². The number of allylic oxidation sites excluding steroid dienone is 1. The van der Waals surface area contributed by atoms with Crippen LogP contribution in [0.2, 0.25) is 0 Å². The first-order valence-corrected chi connectivity index (χ1v) is 14.1. The highest BCUT2D eigenvalue weighted by Gasteiger charge is 2.59. The molecule has 4 rings (SSSR count). The maximum absolute atomic E-state index is 11.0. The molecule has 2 heteroatoms. The maximum Gasteiger partial charge on any atom is 0.0682 e. The van der Waals surface area contributed by atoms with Crippen LogP contribution in [0.1, 0.15) is 125 Å². The lowest BCUT2D eigenvalue weighted by molar-refractivity contribution is -0.0743. The maximum atomic E-state index is 11.0. The molecule has 4 aliphatic carbocycles. The van der Waals surface area contributed by atoms with Crippen molar-refractivity contribution in [2.24, 2.45) is 39.9 Å². The Balaban J connectivity index is 1.45. The van der Waals surface area contributed by atoms with Crippen LogP contribution in [0.3, 0.4) is 0 Å². The van der Waals surface area contributed by atoms with Crippen molar-refractivity contribution in [3.8, 4) is 0 Å². The Morgan fingerprint density at radius 1 is 1.06 bits per heavy atom. The first-order valence-electron chi connectivity index (χ1n) is 14.1. The third kappa shape index (κ3) is 4.26. The first-order chi connectivity index (χ1) is 15.0. The fourth-order valence-corrected chi connectivity index (χ4v) is 8.69. The van der Waals surface area contributed by atoms with Crippen LogP contribution in [-0.4, -0.2) is 21.9 Å². The fraction of sp³-hybridized carbons (Fsp3) is 0.933. The molecule has 0 aromatic heterocycles. The topological polar surface area (TPSA) is 40.5 Å². The summed E-state index contributed by atoms with van der Waals surface area (Å²) in [5, 5.41) is 21.9. The van der Waals surface area contributed by atoms with Crippen molar-refractivity contribution < 1.29 is 10.2 Å². The van der Waals surface area contributed by atoms with E-state index >= 15 is 0 Å². The van der Waals surface area contributed by atoms with Gasteiger partial charge in [-0.2, -0.15) is 0 Å². The average molecular weight is 445 g/mol. The van der Waals surface area contributed by atoms with E-state index in [4.69, 9.17) is 0 Å². The molecule has 0 bridgehead atoms. The summed E-state index contributed by atoms with van der Waals surface area (Å²) >= 11 is 0. The smallest absolute Gasteiger partial charge is 0.0682 e. The molecule has 0 amide bonds. The van der Waals surface area contributed by atoms with E-state index in [1.54, 1.807) is 5.57 Å². The van der Waals surface area contributed by atoms with Crippen molar-refractivity contribution in [3.63, 3.8) is 0 Å². The second kappa shape index (κ2) is 8.71. The van der Waals surface area contributed by atoms with Crippen molar-refractivity contribution in [1.82, 2.24) is 0 Å². The molecule has 0 radical (unpaired) electrons. The SMILES string of the molecule is CCC(C)(C)CCC(O)CC1CCC2C3CC=C4C[C@](O)(CC)CCC4(C)C3CCC12C. The van der Waals surface area contributed by atoms with Gasteiger partial charge in [-0.1, -0.05) is 59.6 Å². The third-order valence-electron chi connectivity index (χ3n) is 11.8. The van der Waals surface area contributed by atoms with Gasteiger partial charge in [-0.3, -0.25) is 0 Å². The minimum atomic E-state index is -0.456. The van der Waals surface area contributed by atoms with Crippen molar-refractivity contribution in [2.75, 3.05) is 0 Å². The fourth-order valence-electron chi connectivity index (χ4n) is 8.69. The molecule has 0 aromatic rings. The molecule has 0 spiro atoms. The molecule has 0 saturated heterocycles. The Kier molecular flexibility index (Phi) is 6.74. The number of rotatable bonds is 7. The van der Waals surface area contributed by atoms with Crippen LogP contribution in [0.4, 0.5) is 0 Å². The van der Waals surface area contributed by atoms with Crippen molar-refractivity contribution in [2.45, 2.75) is 137 Å². The van der Waals surface area contributed by atoms with Gasteiger partial charge in [0, 0.05) is 0 Å². The molecule has 0 aliphatic heterocycles. The normalized spacial score (nSPS) is 44.9. The van der Waals surface area contributed by atoms with E-state index in [0.717, 1.165) is 56.3 Å². The predicted octanol–water partition coefficient (Wildman–Crippen LogP) is 7.67. The molecular formula is C30H52O2. The molecule has 2 N–H and O–H groups in total. The lowest BCUT2D eigenvalue weighted by Crippen LogP contribution is -2.52. The number of aliphatic hydroxyl groups is 2. The monoisotopic (exact) mass is 444 g/mol. The van der Waals surface area contributed by atoms with E-state index in [-0.39, 0.29) is 6.10 Å². The van der Waals surface area contributed by atoms with Gasteiger partial charge >= 0.3 is 0 Å². The van der Waals surface area contributed by atoms with Crippen LogP contribution < -0.4 is 0 Å². The van der Waals surface area contributed by atoms with Gasteiger partial charge in [-0.15, -0.1) is 0 Å². The number of fused-ring (bicyclic) bond motifs is 5. The average Bonchev–Trinajstić information content (AvgIpc) is 3.09. The molecule has 7 unspecified atom stereocenters. The molecule has 0 aromatic carbocycles. The quantitative estimate of drug-likeness (QED) is 0.395. The van der Waals surface area contributed by atoms with Gasteiger partial charge in [-0.05, 0) is 117 Å². The van der Waals surface area contributed by atoms with Crippen LogP contribution in [-0.2, 0) is 0 Å². The molecule has 2 nitrogen and oxygen atoms in total. The highest BCUT2D eigenvalue weighted by atomic mass is 16.3. The van der Waals surface area contributed by atoms with Gasteiger partial charge in [0.25, 0.3) is 0 Å². The number of aliphatic hydroxyl groups excluding tert-OH is 1. The molecule has 32 heavy (non-hydrogen) atoms. The molecule has 184 valence electrons. The number of hydrogen-bond acceptors (Lipinski definition) is 2. The van der Waals surface area contributed by atoms with Crippen molar-refractivity contribution >= 4 is 0 Å². The lowest BCUT2D eigenvalue weighted by Gasteiger charge is -2.59. The Bertz CT molecular complexity index is 710. The zero-order valence-electron chi connectivity index (χ0n) is 22.1. The van der Waals surface area contributed by atoms with E-state index in [1.165, 1.54) is 44.9 Å². The van der Waals surface area contributed by atoms with E-state index < -0.39 is 5.60 Å². The van der Waals surface area contributed by atoms with Gasteiger partial charge in [0.05, 0.1) is 11.7 Å². The third-order valence-corrected chi connectivity index (χ3v) is 11.8. The zero-order chi connectivity index (χ0) is 23.4. The Morgan fingerprint density at radius 2 is 1.81 bits per heavy atom. The Morgan fingerprint density at radius 3 is 2.50 bits per heavy atom. The number of hydrogen-bond donors (Lipinski definition) is 2. The van der Waals surface area contributed by atoms with E-state index in [1.807, 2.05) is 0 Å². The molecule has 8 atom stereocenters. The summed E-state index contributed by atoms with van der Waals surface area (Å²) in [4.78, 5) is 0. The molecule has 0 heterocycles. The predicted molar refractivity (Wildman–Crippen MR) is 134 cm³/mol. The largest absolute Gasteiger partial charge is 0.393 e. The van der Waals surface area contributed by atoms with Crippen LogP contribution in [0.15, 0.2) is 11.6 Å². The summed E-state index contributed by atoms with van der Waals surface area (Å²) in [6.45, 7) is 14.2. The van der Waals surface area contributed by atoms with Gasteiger partial charge in [0.15, 0.2) is 0 Å². The standard InChI is InChI=1S/C30H52O2/c1-7-27(3,4)15-13-23(31)19-21-10-12-25-24-11-9-22-20-30(32,8-2)18-17-29(22,6)26(24)14-16-28(21,25)5/h9,21,23-26,31-32H,7-8,10-20H2,1-6H3/t21?,23?,24?,25?,26?,28?,29?,30-/m0/s1. The van der Waals surface area contributed by atoms with E-state index in [0.29, 0.717) is 22.2 Å². The first kappa shape index (κ1) is 24.8. The molecule has 4 aliphatic rings. The molecular weight excluding hydrogens is 392 g/mol. The minimum absolute atomic E-state index is 0.125. The summed E-state index contributed by atoms with van der Waals surface area (Å²) in [7, 11) is 0. The van der Waals surface area contributed by atoms with Crippen LogP contribution in [0.25, 0.3) is 0 Å². The van der Waals surface area contributed by atoms with Crippen LogP contribution >= 0.6 is 0 Å². The molecule has 3 saturated carbocycles. The highest BCUT2D eigenvalue weighted by molar-refractivity contribution is 5.27. The minimum Gasteiger partial charge on any atom is -0.393 e. The highest BCUT2D eigenvalue weighted by Crippen LogP contribution is 2.67. The van der Waals surface area contributed by atoms with Crippen LogP contribution in [0, 0.1) is 39.9 Å². The summed E-state index contributed by atoms with van der Waals surface area (Å²) < 4.78 is 0. The van der Waals surface area contributed by atoms with Gasteiger partial charge in [0.1, 0.15) is 0 Å². The van der Waals surface area contributed by atoms with Gasteiger partial charge in [0.2, 0.25) is 0 Å². The molecule has 3 fully saturated rings. The van der Waals surface area contributed by atoms with Crippen molar-refractivity contribution in [3.05, 3.63) is 11.6 Å². The lowest BCUT2D eigenvalue weighted by atomic mass is 9.46. The summed E-state index contributed by atoms with van der Waals surface area (Å²) in [6.07, 6.45) is 17.3. The van der Waals surface area contributed by atoms with E-state index in [9.17, 15) is 10.2 Å². The second-order valence-electron chi connectivity index (χ2n) is 13.8. The summed E-state index contributed by atoms with van der Waals surface area (Å²) in [5.41, 5.74) is 2.22. The Hall–Kier alpha value is -0.340. The Labute approximate surface area is 198 Å². The van der Waals surface area contributed by atoms with Crippen LogP contribution in [0.5, 0.6) is 0 Å². The zero-order valence-corrected chi connectivity index (χ0v) is 22.1. The summed E-state index contributed by atoms with van der Waals surface area (Å²) in [6, 6.07) is 0. The van der Waals surface area contributed by atoms with Gasteiger partial charge < -0.3 is 10.2 Å².